The number of para-hydroxylation sites is 1. The van der Waals surface area contributed by atoms with Crippen molar-refractivity contribution >= 4 is 23.0 Å². The Morgan fingerprint density at radius 1 is 0.912 bits per heavy atom. The van der Waals surface area contributed by atoms with Crippen LogP contribution in [-0.2, 0) is 11.2 Å². The molecule has 1 saturated heterocycles. The van der Waals surface area contributed by atoms with E-state index < -0.39 is 0 Å². The summed E-state index contributed by atoms with van der Waals surface area (Å²) in [4.78, 5) is 21.7. The van der Waals surface area contributed by atoms with Gasteiger partial charge < -0.3 is 4.90 Å². The second-order valence-corrected chi connectivity index (χ2v) is 10.00. The molecular weight excluding hydrogens is 418 g/mol. The van der Waals surface area contributed by atoms with E-state index in [1.807, 2.05) is 35.2 Å². The van der Waals surface area contributed by atoms with Gasteiger partial charge in [-0.05, 0) is 60.4 Å². The molecule has 2 aliphatic heterocycles. The van der Waals surface area contributed by atoms with Crippen LogP contribution in [0.25, 0.3) is 0 Å². The quantitative estimate of drug-likeness (QED) is 0.575. The van der Waals surface area contributed by atoms with Crippen LogP contribution in [-0.4, -0.2) is 31.4 Å². The van der Waals surface area contributed by atoms with Crippen LogP contribution in [0.4, 0.5) is 11.4 Å². The summed E-state index contributed by atoms with van der Waals surface area (Å²) >= 11 is 0. The maximum absolute atomic E-state index is 13.5. The number of quaternary nitrogens is 1. The molecule has 1 fully saturated rings. The van der Waals surface area contributed by atoms with Crippen molar-refractivity contribution < 1.29 is 9.69 Å². The molecule has 0 atom stereocenters. The Labute approximate surface area is 202 Å². The number of fused-ring (bicyclic) bond motifs is 1. The minimum Gasteiger partial charge on any atom is -0.317 e. The first-order valence-corrected chi connectivity index (χ1v) is 12.6. The predicted octanol–water partition coefficient (Wildman–Crippen LogP) is 4.77. The third-order valence-corrected chi connectivity index (χ3v) is 7.26. The third-order valence-electron chi connectivity index (χ3n) is 7.26. The van der Waals surface area contributed by atoms with Gasteiger partial charge in [-0.1, -0.05) is 74.5 Å². The zero-order valence-electron chi connectivity index (χ0n) is 20.2. The molecule has 3 aromatic carbocycles. The van der Waals surface area contributed by atoms with Gasteiger partial charge in [-0.2, -0.15) is 0 Å². The van der Waals surface area contributed by atoms with Gasteiger partial charge in [0.05, 0.1) is 24.5 Å². The van der Waals surface area contributed by atoms with Crippen LogP contribution in [0.1, 0.15) is 49.3 Å². The summed E-state index contributed by atoms with van der Waals surface area (Å²) in [7, 11) is 0. The molecule has 0 saturated carbocycles. The van der Waals surface area contributed by atoms with Gasteiger partial charge in [0.25, 0.3) is 5.91 Å². The Morgan fingerprint density at radius 3 is 2.29 bits per heavy atom. The molecule has 0 bridgehead atoms. The largest absolute Gasteiger partial charge is 0.317 e. The molecule has 0 unspecified atom stereocenters. The van der Waals surface area contributed by atoms with Crippen molar-refractivity contribution in [2.75, 3.05) is 24.7 Å². The van der Waals surface area contributed by atoms with E-state index in [9.17, 15) is 4.79 Å². The summed E-state index contributed by atoms with van der Waals surface area (Å²) in [5.41, 5.74) is 6.04. The van der Waals surface area contributed by atoms with Gasteiger partial charge >= 0.3 is 0 Å². The highest BCUT2D eigenvalue weighted by Gasteiger charge is 2.36. The zero-order valence-corrected chi connectivity index (χ0v) is 20.2. The molecular formula is C30H34N3O+. The highest BCUT2D eigenvalue weighted by Crippen LogP contribution is 2.30. The predicted molar refractivity (Wildman–Crippen MR) is 139 cm³/mol. The smallest absolute Gasteiger partial charge is 0.281 e. The number of nitrogens with one attached hydrogen (secondary N) is 1. The van der Waals surface area contributed by atoms with E-state index in [-0.39, 0.29) is 5.91 Å². The fourth-order valence-corrected chi connectivity index (χ4v) is 5.21. The van der Waals surface area contributed by atoms with Crippen LogP contribution < -0.4 is 9.80 Å². The van der Waals surface area contributed by atoms with E-state index >= 15 is 0 Å². The van der Waals surface area contributed by atoms with Gasteiger partial charge in [-0.3, -0.25) is 9.69 Å². The summed E-state index contributed by atoms with van der Waals surface area (Å²) in [5, 5.41) is 0. The van der Waals surface area contributed by atoms with Crippen LogP contribution in [0, 0.1) is 5.92 Å². The van der Waals surface area contributed by atoms with Crippen molar-refractivity contribution in [3.8, 4) is 0 Å². The van der Waals surface area contributed by atoms with Crippen molar-refractivity contribution in [1.29, 1.82) is 0 Å². The van der Waals surface area contributed by atoms with Gasteiger partial charge in [-0.15, -0.1) is 0 Å². The SMILES string of the molecule is CC(C)c1ccc(N=C2C(=O)N(C[NH+]3CCC(Cc4ccccc4)CC3)c3ccccc32)cc1. The van der Waals surface area contributed by atoms with Gasteiger partial charge in [0, 0.05) is 5.56 Å². The maximum Gasteiger partial charge on any atom is 0.281 e. The number of piperidine rings is 1. The Bertz CT molecular complexity index is 1160. The van der Waals surface area contributed by atoms with Crippen LogP contribution >= 0.6 is 0 Å². The Hall–Kier alpha value is -3.24. The average molecular weight is 453 g/mol. The lowest BCUT2D eigenvalue weighted by molar-refractivity contribution is -0.904. The number of carbonyl (C=O) groups excluding carboxylic acids is 1. The van der Waals surface area contributed by atoms with Gasteiger partial charge in [0.2, 0.25) is 0 Å². The van der Waals surface area contributed by atoms with Crippen molar-refractivity contribution in [2.45, 2.75) is 39.0 Å². The number of carbonyl (C=O) groups is 1. The lowest BCUT2D eigenvalue weighted by atomic mass is 9.90. The molecule has 34 heavy (non-hydrogen) atoms. The molecule has 2 heterocycles. The maximum atomic E-state index is 13.5. The Kier molecular flexibility index (Phi) is 6.59. The second kappa shape index (κ2) is 9.94. The normalized spacial score (nSPS) is 21.3. The lowest BCUT2D eigenvalue weighted by Crippen LogP contribution is -3.14. The number of amides is 1. The summed E-state index contributed by atoms with van der Waals surface area (Å²) in [6.07, 6.45) is 3.57. The van der Waals surface area contributed by atoms with E-state index in [0.717, 1.165) is 42.4 Å². The lowest BCUT2D eigenvalue weighted by Gasteiger charge is -2.32. The molecule has 0 radical (unpaired) electrons. The number of likely N-dealkylation sites (tertiary alicyclic amines) is 1. The van der Waals surface area contributed by atoms with Crippen molar-refractivity contribution in [3.05, 3.63) is 95.6 Å². The van der Waals surface area contributed by atoms with Crippen molar-refractivity contribution in [2.24, 2.45) is 10.9 Å². The third kappa shape index (κ3) is 4.83. The van der Waals surface area contributed by atoms with E-state index in [1.165, 1.54) is 28.9 Å². The highest BCUT2D eigenvalue weighted by atomic mass is 16.2. The summed E-state index contributed by atoms with van der Waals surface area (Å²) in [6.45, 7) is 7.28. The number of hydrogen-bond donors (Lipinski definition) is 1. The van der Waals surface area contributed by atoms with Crippen molar-refractivity contribution in [1.82, 2.24) is 0 Å². The Balaban J connectivity index is 1.28. The van der Waals surface area contributed by atoms with Crippen LogP contribution in [0.5, 0.6) is 0 Å². The molecule has 1 N–H and O–H groups in total. The second-order valence-electron chi connectivity index (χ2n) is 10.00. The molecule has 0 spiro atoms. The zero-order chi connectivity index (χ0) is 23.5. The number of benzene rings is 3. The van der Waals surface area contributed by atoms with E-state index in [2.05, 4.69) is 62.4 Å². The first-order chi connectivity index (χ1) is 16.6. The van der Waals surface area contributed by atoms with Crippen LogP contribution in [0.2, 0.25) is 0 Å². The number of aliphatic imine (C=N–C) groups is 1. The molecule has 5 rings (SSSR count). The fourth-order valence-electron chi connectivity index (χ4n) is 5.21. The van der Waals surface area contributed by atoms with E-state index in [1.54, 1.807) is 0 Å². The summed E-state index contributed by atoms with van der Waals surface area (Å²) < 4.78 is 0. The molecule has 0 aromatic heterocycles. The van der Waals surface area contributed by atoms with E-state index in [4.69, 9.17) is 4.99 Å². The number of hydrogen-bond acceptors (Lipinski definition) is 2. The topological polar surface area (TPSA) is 37.1 Å². The first kappa shape index (κ1) is 22.5. The standard InChI is InChI=1S/C30H33N3O/c1-22(2)25-12-14-26(15-13-25)31-29-27-10-6-7-11-28(27)33(30(29)34)21-32-18-16-24(17-19-32)20-23-8-4-3-5-9-23/h3-15,22,24H,16-21H2,1-2H3/p+1. The van der Waals surface area contributed by atoms with Crippen LogP contribution in [0.15, 0.2) is 83.9 Å². The van der Waals surface area contributed by atoms with Gasteiger partial charge in [0.1, 0.15) is 5.71 Å². The molecule has 1 amide bonds. The number of anilines is 1. The minimum absolute atomic E-state index is 0.0213. The molecule has 0 aliphatic carbocycles. The molecule has 4 heteroatoms. The fraction of sp³-hybridized carbons (Fsp3) is 0.333. The van der Waals surface area contributed by atoms with Crippen LogP contribution in [0.3, 0.4) is 0 Å². The first-order valence-electron chi connectivity index (χ1n) is 12.6. The number of rotatable bonds is 6. The van der Waals surface area contributed by atoms with Gasteiger partial charge in [0.15, 0.2) is 6.67 Å². The van der Waals surface area contributed by atoms with Gasteiger partial charge in [-0.25, -0.2) is 4.99 Å². The minimum atomic E-state index is 0.0213. The molecule has 174 valence electrons. The summed E-state index contributed by atoms with van der Waals surface area (Å²) in [5.74, 6) is 1.23. The Morgan fingerprint density at radius 2 is 1.59 bits per heavy atom. The monoisotopic (exact) mass is 452 g/mol. The average Bonchev–Trinajstić information content (AvgIpc) is 3.12. The summed E-state index contributed by atoms with van der Waals surface area (Å²) in [6, 6.07) is 27.1. The molecule has 4 nitrogen and oxygen atoms in total. The number of nitrogens with zero attached hydrogens (tertiary/aromatic N) is 2. The highest BCUT2D eigenvalue weighted by molar-refractivity contribution is 6.54. The van der Waals surface area contributed by atoms with E-state index in [0.29, 0.717) is 18.3 Å². The van der Waals surface area contributed by atoms with Crippen molar-refractivity contribution in [3.63, 3.8) is 0 Å². The molecule has 3 aromatic rings. The molecule has 2 aliphatic rings.